The highest BCUT2D eigenvalue weighted by Gasteiger charge is 2.16. The first-order valence-electron chi connectivity index (χ1n) is 5.82. The van der Waals surface area contributed by atoms with E-state index in [4.69, 9.17) is 17.4 Å². The molecule has 0 unspecified atom stereocenters. The summed E-state index contributed by atoms with van der Waals surface area (Å²) >= 11 is 5.83. The third-order valence-electron chi connectivity index (χ3n) is 2.76. The minimum absolute atomic E-state index is 0.0410. The van der Waals surface area contributed by atoms with Crippen LogP contribution in [0.25, 0.3) is 0 Å². The molecule has 21 heavy (non-hydrogen) atoms. The Morgan fingerprint density at radius 3 is 2.71 bits per heavy atom. The number of pyridine rings is 1. The molecule has 1 aromatic heterocycles. The summed E-state index contributed by atoms with van der Waals surface area (Å²) in [7, 11) is 0. The Labute approximate surface area is 124 Å². The van der Waals surface area contributed by atoms with E-state index in [0.29, 0.717) is 0 Å². The lowest BCUT2D eigenvalue weighted by atomic mass is 10.2. The second kappa shape index (κ2) is 6.02. The number of nitrogens with one attached hydrogen (secondary N) is 2. The molecule has 5 nitrogen and oxygen atoms in total. The van der Waals surface area contributed by atoms with Crippen molar-refractivity contribution in [2.45, 2.75) is 6.92 Å². The molecule has 4 N–H and O–H groups in total. The van der Waals surface area contributed by atoms with Crippen LogP contribution in [0.1, 0.15) is 15.9 Å². The van der Waals surface area contributed by atoms with E-state index in [0.717, 1.165) is 6.07 Å². The number of hydrazine groups is 1. The summed E-state index contributed by atoms with van der Waals surface area (Å²) in [6.07, 6.45) is 1.18. The first-order chi connectivity index (χ1) is 9.93. The van der Waals surface area contributed by atoms with Crippen molar-refractivity contribution >= 4 is 29.0 Å². The third-order valence-corrected chi connectivity index (χ3v) is 3.05. The van der Waals surface area contributed by atoms with Gasteiger partial charge in [-0.25, -0.2) is 19.6 Å². The van der Waals surface area contributed by atoms with Gasteiger partial charge in [0.2, 0.25) is 0 Å². The summed E-state index contributed by atoms with van der Waals surface area (Å²) in [5.74, 6) is 2.90. The van der Waals surface area contributed by atoms with Crippen LogP contribution in [0.5, 0.6) is 0 Å². The maximum absolute atomic E-state index is 13.8. The summed E-state index contributed by atoms with van der Waals surface area (Å²) in [6, 6.07) is 3.63. The number of nitrogens with two attached hydrogens (primary N) is 1. The lowest BCUT2D eigenvalue weighted by Gasteiger charge is -2.10. The fraction of sp³-hybridized carbons (Fsp3) is 0.0769. The quantitative estimate of drug-likeness (QED) is 0.601. The summed E-state index contributed by atoms with van der Waals surface area (Å²) in [5, 5.41) is 2.27. The monoisotopic (exact) mass is 312 g/mol. The third kappa shape index (κ3) is 3.09. The Hall–Kier alpha value is -2.25. The second-order valence-corrected chi connectivity index (χ2v) is 4.61. The zero-order valence-corrected chi connectivity index (χ0v) is 11.6. The van der Waals surface area contributed by atoms with Crippen LogP contribution in [0.4, 0.5) is 20.3 Å². The first kappa shape index (κ1) is 15.1. The molecule has 0 radical (unpaired) electrons. The number of amides is 1. The van der Waals surface area contributed by atoms with Gasteiger partial charge in [-0.3, -0.25) is 4.79 Å². The van der Waals surface area contributed by atoms with Gasteiger partial charge < -0.3 is 10.7 Å². The highest BCUT2D eigenvalue weighted by atomic mass is 35.5. The smallest absolute Gasteiger partial charge is 0.257 e. The predicted octanol–water partition coefficient (Wildman–Crippen LogP) is 2.86. The molecule has 0 aliphatic carbocycles. The molecule has 0 spiro atoms. The van der Waals surface area contributed by atoms with Crippen LogP contribution >= 0.6 is 11.6 Å². The van der Waals surface area contributed by atoms with Gasteiger partial charge in [-0.15, -0.1) is 0 Å². The summed E-state index contributed by atoms with van der Waals surface area (Å²) in [5.41, 5.74) is 1.98. The van der Waals surface area contributed by atoms with Crippen LogP contribution in [0, 0.1) is 18.6 Å². The van der Waals surface area contributed by atoms with Gasteiger partial charge in [-0.1, -0.05) is 17.7 Å². The fourth-order valence-electron chi connectivity index (χ4n) is 1.63. The van der Waals surface area contributed by atoms with Gasteiger partial charge in [0, 0.05) is 6.20 Å². The van der Waals surface area contributed by atoms with E-state index in [1.54, 1.807) is 0 Å². The van der Waals surface area contributed by atoms with Crippen molar-refractivity contribution < 1.29 is 13.6 Å². The molecule has 0 fully saturated rings. The maximum atomic E-state index is 13.8. The largest absolute Gasteiger partial charge is 0.317 e. The van der Waals surface area contributed by atoms with E-state index in [1.807, 2.05) is 0 Å². The molecular weight excluding hydrogens is 302 g/mol. The van der Waals surface area contributed by atoms with Crippen molar-refractivity contribution in [3.8, 4) is 0 Å². The van der Waals surface area contributed by atoms with Gasteiger partial charge in [0.05, 0.1) is 10.6 Å². The molecule has 0 atom stereocenters. The number of anilines is 2. The molecule has 0 aliphatic rings. The SMILES string of the molecule is Cc1ccc(F)c(NC(=O)c2cnc(NN)c(Cl)c2)c1F. The van der Waals surface area contributed by atoms with E-state index in [1.165, 1.54) is 25.3 Å². The van der Waals surface area contributed by atoms with Crippen molar-refractivity contribution in [2.75, 3.05) is 10.7 Å². The average Bonchev–Trinajstić information content (AvgIpc) is 2.47. The standard InChI is InChI=1S/C13H11ClF2N4O/c1-6-2-3-9(15)11(10(6)16)19-13(21)7-4-8(14)12(20-17)18-5-7/h2-5H,17H2,1H3,(H,18,20)(H,19,21). The number of nitrogens with zero attached hydrogens (tertiary/aromatic N) is 1. The Bertz CT molecular complexity index is 709. The minimum atomic E-state index is -0.870. The number of carbonyl (C=O) groups excluding carboxylic acids is 1. The Balaban J connectivity index is 2.30. The minimum Gasteiger partial charge on any atom is -0.317 e. The molecule has 1 aromatic carbocycles. The lowest BCUT2D eigenvalue weighted by molar-refractivity contribution is 0.102. The van der Waals surface area contributed by atoms with Crippen LogP contribution < -0.4 is 16.6 Å². The highest BCUT2D eigenvalue weighted by Crippen LogP contribution is 2.23. The average molecular weight is 313 g/mol. The molecule has 0 aliphatic heterocycles. The number of aromatic nitrogens is 1. The molecule has 110 valence electrons. The normalized spacial score (nSPS) is 10.3. The van der Waals surface area contributed by atoms with Gasteiger partial charge in [0.1, 0.15) is 11.5 Å². The topological polar surface area (TPSA) is 80.0 Å². The first-order valence-corrected chi connectivity index (χ1v) is 6.20. The summed E-state index contributed by atoms with van der Waals surface area (Å²) in [4.78, 5) is 15.8. The van der Waals surface area contributed by atoms with Crippen LogP contribution in [0.2, 0.25) is 5.02 Å². The number of hydrogen-bond donors (Lipinski definition) is 3. The van der Waals surface area contributed by atoms with Gasteiger partial charge in [0.25, 0.3) is 5.91 Å². The Kier molecular flexibility index (Phi) is 4.35. The number of rotatable bonds is 3. The molecule has 2 aromatic rings. The van der Waals surface area contributed by atoms with Crippen molar-refractivity contribution in [3.05, 3.63) is 52.2 Å². The molecule has 0 saturated heterocycles. The number of carbonyl (C=O) groups is 1. The van der Waals surface area contributed by atoms with E-state index in [-0.39, 0.29) is 22.0 Å². The van der Waals surface area contributed by atoms with Gasteiger partial charge >= 0.3 is 0 Å². The molecule has 1 heterocycles. The van der Waals surface area contributed by atoms with Crippen molar-refractivity contribution in [3.63, 3.8) is 0 Å². The Morgan fingerprint density at radius 1 is 1.38 bits per heavy atom. The van der Waals surface area contributed by atoms with Crippen LogP contribution in [0.15, 0.2) is 24.4 Å². The molecule has 2 rings (SSSR count). The zero-order chi connectivity index (χ0) is 15.6. The van der Waals surface area contributed by atoms with E-state index >= 15 is 0 Å². The second-order valence-electron chi connectivity index (χ2n) is 4.21. The summed E-state index contributed by atoms with van der Waals surface area (Å²) in [6.45, 7) is 1.46. The van der Waals surface area contributed by atoms with Gasteiger partial charge in [0.15, 0.2) is 11.6 Å². The maximum Gasteiger partial charge on any atom is 0.257 e. The number of benzene rings is 1. The lowest BCUT2D eigenvalue weighted by Crippen LogP contribution is -2.16. The predicted molar refractivity (Wildman–Crippen MR) is 76.1 cm³/mol. The van der Waals surface area contributed by atoms with Gasteiger partial charge in [-0.2, -0.15) is 0 Å². The van der Waals surface area contributed by atoms with Crippen molar-refractivity contribution in [1.29, 1.82) is 0 Å². The van der Waals surface area contributed by atoms with E-state index in [2.05, 4.69) is 15.7 Å². The van der Waals surface area contributed by atoms with Gasteiger partial charge in [-0.05, 0) is 24.6 Å². The van der Waals surface area contributed by atoms with Crippen LogP contribution in [-0.2, 0) is 0 Å². The highest BCUT2D eigenvalue weighted by molar-refractivity contribution is 6.33. The number of aryl methyl sites for hydroxylation is 1. The Morgan fingerprint density at radius 2 is 2.10 bits per heavy atom. The molecular formula is C13H11ClF2N4O. The molecule has 8 heteroatoms. The fourth-order valence-corrected chi connectivity index (χ4v) is 1.85. The van der Waals surface area contributed by atoms with Crippen LogP contribution in [0.3, 0.4) is 0 Å². The number of hydrogen-bond acceptors (Lipinski definition) is 4. The molecule has 0 bridgehead atoms. The number of halogens is 3. The molecule has 1 amide bonds. The van der Waals surface area contributed by atoms with E-state index < -0.39 is 23.2 Å². The summed E-state index contributed by atoms with van der Waals surface area (Å²) < 4.78 is 27.4. The molecule has 0 saturated carbocycles. The van der Waals surface area contributed by atoms with Crippen molar-refractivity contribution in [1.82, 2.24) is 4.98 Å². The van der Waals surface area contributed by atoms with Crippen molar-refractivity contribution in [2.24, 2.45) is 5.84 Å². The van der Waals surface area contributed by atoms with Crippen LogP contribution in [-0.4, -0.2) is 10.9 Å². The number of nitrogen functional groups attached to an aromatic ring is 1. The van der Waals surface area contributed by atoms with E-state index in [9.17, 15) is 13.6 Å². The zero-order valence-electron chi connectivity index (χ0n) is 10.9.